The van der Waals surface area contributed by atoms with Crippen LogP contribution in [0.15, 0.2) is 40.2 Å². The summed E-state index contributed by atoms with van der Waals surface area (Å²) in [6.07, 6.45) is 1.09. The Hall–Kier alpha value is -2.63. The monoisotopic (exact) mass is 270 g/mol. The number of hydrazone groups is 1. The van der Waals surface area contributed by atoms with Crippen LogP contribution in [-0.4, -0.2) is 21.4 Å². The number of carbonyl (C=O) groups excluding carboxylic acids is 1. The first kappa shape index (κ1) is 12.4. The van der Waals surface area contributed by atoms with Crippen molar-refractivity contribution in [2.45, 2.75) is 19.8 Å². The van der Waals surface area contributed by atoms with Crippen LogP contribution < -0.4 is 11.0 Å². The first-order valence-electron chi connectivity index (χ1n) is 6.38. The van der Waals surface area contributed by atoms with Gasteiger partial charge in [0.25, 0.3) is 5.56 Å². The summed E-state index contributed by atoms with van der Waals surface area (Å²) >= 11 is 0. The first-order valence-corrected chi connectivity index (χ1v) is 6.38. The molecule has 0 aliphatic carbocycles. The Labute approximate surface area is 115 Å². The lowest BCUT2D eigenvalue weighted by atomic mass is 10.0. The molecule has 2 aromatic rings. The Balaban J connectivity index is 1.90. The highest BCUT2D eigenvalue weighted by atomic mass is 16.2. The second-order valence-electron chi connectivity index (χ2n) is 4.75. The SMILES string of the molecule is Cc1cc(=O)n(-c2ccc(C3=NNC(=O)CC3)cc2)[nH]1. The molecule has 0 fully saturated rings. The van der Waals surface area contributed by atoms with Crippen LogP contribution in [0, 0.1) is 6.92 Å². The van der Waals surface area contributed by atoms with Crippen LogP contribution in [0.5, 0.6) is 0 Å². The number of aromatic amines is 1. The number of hydrogen-bond donors (Lipinski definition) is 2. The molecular formula is C14H14N4O2. The van der Waals surface area contributed by atoms with Crippen LogP contribution in [0.1, 0.15) is 24.1 Å². The summed E-state index contributed by atoms with van der Waals surface area (Å²) in [5.74, 6) is -0.0567. The van der Waals surface area contributed by atoms with Gasteiger partial charge in [-0.2, -0.15) is 5.10 Å². The third-order valence-electron chi connectivity index (χ3n) is 3.21. The first-order chi connectivity index (χ1) is 9.63. The molecule has 0 spiro atoms. The van der Waals surface area contributed by atoms with Gasteiger partial charge in [0.1, 0.15) is 0 Å². The van der Waals surface area contributed by atoms with Crippen LogP contribution in [0.2, 0.25) is 0 Å². The fourth-order valence-electron chi connectivity index (χ4n) is 2.19. The standard InChI is InChI=1S/C14H14N4O2/c1-9-8-14(20)18(17-9)11-4-2-10(3-5-11)12-6-7-13(19)16-15-12/h2-5,8,17H,6-7H2,1H3,(H,16,19). The molecule has 0 unspecified atom stereocenters. The summed E-state index contributed by atoms with van der Waals surface area (Å²) in [5, 5.41) is 7.03. The lowest BCUT2D eigenvalue weighted by molar-refractivity contribution is -0.121. The van der Waals surface area contributed by atoms with Crippen molar-refractivity contribution in [1.29, 1.82) is 0 Å². The second kappa shape index (κ2) is 4.80. The van der Waals surface area contributed by atoms with E-state index in [1.165, 1.54) is 4.68 Å². The molecule has 0 saturated carbocycles. The number of hydrogen-bond acceptors (Lipinski definition) is 3. The highest BCUT2D eigenvalue weighted by Gasteiger charge is 2.13. The van der Waals surface area contributed by atoms with Gasteiger partial charge in [0.2, 0.25) is 5.91 Å². The molecule has 1 aliphatic rings. The van der Waals surface area contributed by atoms with Gasteiger partial charge in [-0.25, -0.2) is 10.1 Å². The van der Waals surface area contributed by atoms with Crippen molar-refractivity contribution in [1.82, 2.24) is 15.2 Å². The molecule has 1 aliphatic heterocycles. The Kier molecular flexibility index (Phi) is 2.98. The molecule has 0 saturated heterocycles. The van der Waals surface area contributed by atoms with Crippen LogP contribution in [-0.2, 0) is 4.79 Å². The molecule has 2 N–H and O–H groups in total. The van der Waals surface area contributed by atoms with Crippen LogP contribution in [0.25, 0.3) is 5.69 Å². The zero-order chi connectivity index (χ0) is 14.1. The van der Waals surface area contributed by atoms with Crippen molar-refractivity contribution in [2.24, 2.45) is 5.10 Å². The van der Waals surface area contributed by atoms with Gasteiger partial charge in [0.15, 0.2) is 0 Å². The Bertz CT molecular complexity index is 737. The predicted molar refractivity (Wildman–Crippen MR) is 75.0 cm³/mol. The molecule has 102 valence electrons. The third-order valence-corrected chi connectivity index (χ3v) is 3.21. The maximum absolute atomic E-state index is 11.7. The molecule has 1 aromatic carbocycles. The van der Waals surface area contributed by atoms with Crippen LogP contribution in [0.4, 0.5) is 0 Å². The second-order valence-corrected chi connectivity index (χ2v) is 4.75. The molecule has 1 amide bonds. The summed E-state index contributed by atoms with van der Waals surface area (Å²) < 4.78 is 1.49. The maximum atomic E-state index is 11.7. The van der Waals surface area contributed by atoms with E-state index in [0.29, 0.717) is 12.8 Å². The molecule has 0 radical (unpaired) electrons. The number of H-pyrrole nitrogens is 1. The molecule has 0 bridgehead atoms. The lowest BCUT2D eigenvalue weighted by Crippen LogP contribution is -2.25. The number of nitrogens with one attached hydrogen (secondary N) is 2. The number of amides is 1. The Morgan fingerprint density at radius 3 is 2.45 bits per heavy atom. The molecule has 2 heterocycles. The van der Waals surface area contributed by atoms with Crippen molar-refractivity contribution in [2.75, 3.05) is 0 Å². The van der Waals surface area contributed by atoms with E-state index in [4.69, 9.17) is 0 Å². The molecule has 0 atom stereocenters. The molecule has 20 heavy (non-hydrogen) atoms. The van der Waals surface area contributed by atoms with E-state index in [1.807, 2.05) is 31.2 Å². The largest absolute Gasteiger partial charge is 0.295 e. The number of rotatable bonds is 2. The average Bonchev–Trinajstić information content (AvgIpc) is 2.79. The third kappa shape index (κ3) is 2.27. The summed E-state index contributed by atoms with van der Waals surface area (Å²) in [6, 6.07) is 9.05. The van der Waals surface area contributed by atoms with E-state index >= 15 is 0 Å². The molecule has 1 aromatic heterocycles. The number of benzene rings is 1. The zero-order valence-electron chi connectivity index (χ0n) is 11.0. The molecule has 6 nitrogen and oxygen atoms in total. The van der Waals surface area contributed by atoms with Gasteiger partial charge in [-0.3, -0.25) is 14.7 Å². The summed E-state index contributed by atoms with van der Waals surface area (Å²) in [7, 11) is 0. The van der Waals surface area contributed by atoms with Crippen molar-refractivity contribution < 1.29 is 4.79 Å². The van der Waals surface area contributed by atoms with Crippen molar-refractivity contribution in [3.63, 3.8) is 0 Å². The fourth-order valence-corrected chi connectivity index (χ4v) is 2.19. The van der Waals surface area contributed by atoms with Gasteiger partial charge in [-0.1, -0.05) is 12.1 Å². The summed E-state index contributed by atoms with van der Waals surface area (Å²) in [4.78, 5) is 22.8. The highest BCUT2D eigenvalue weighted by Crippen LogP contribution is 2.13. The number of aryl methyl sites for hydroxylation is 1. The minimum atomic E-state index is -0.0856. The van der Waals surface area contributed by atoms with E-state index < -0.39 is 0 Å². The number of aromatic nitrogens is 2. The van der Waals surface area contributed by atoms with E-state index in [1.54, 1.807) is 6.07 Å². The zero-order valence-corrected chi connectivity index (χ0v) is 11.0. The lowest BCUT2D eigenvalue weighted by Gasteiger charge is -2.12. The van der Waals surface area contributed by atoms with Gasteiger partial charge in [0.05, 0.1) is 11.4 Å². The van der Waals surface area contributed by atoms with Gasteiger partial charge in [-0.05, 0) is 24.6 Å². The number of nitrogens with zero attached hydrogens (tertiary/aromatic N) is 2. The van der Waals surface area contributed by atoms with Crippen LogP contribution in [0.3, 0.4) is 0 Å². The van der Waals surface area contributed by atoms with Crippen LogP contribution >= 0.6 is 0 Å². The van der Waals surface area contributed by atoms with Crippen molar-refractivity contribution in [3.05, 3.63) is 51.9 Å². The van der Waals surface area contributed by atoms with E-state index in [2.05, 4.69) is 15.6 Å². The summed E-state index contributed by atoms with van der Waals surface area (Å²) in [6.45, 7) is 1.84. The van der Waals surface area contributed by atoms with Gasteiger partial charge < -0.3 is 0 Å². The minimum Gasteiger partial charge on any atom is -0.295 e. The molecular weight excluding hydrogens is 256 g/mol. The predicted octanol–water partition coefficient (Wildman–Crippen LogP) is 1.09. The van der Waals surface area contributed by atoms with Crippen molar-refractivity contribution >= 4 is 11.6 Å². The fraction of sp³-hybridized carbons (Fsp3) is 0.214. The maximum Gasteiger partial charge on any atom is 0.271 e. The van der Waals surface area contributed by atoms with Gasteiger partial charge >= 0.3 is 0 Å². The molecule has 3 rings (SSSR count). The normalized spacial score (nSPS) is 14.8. The van der Waals surface area contributed by atoms with E-state index in [0.717, 1.165) is 22.7 Å². The van der Waals surface area contributed by atoms with Crippen molar-refractivity contribution in [3.8, 4) is 5.69 Å². The smallest absolute Gasteiger partial charge is 0.271 e. The van der Waals surface area contributed by atoms with Gasteiger partial charge in [0, 0.05) is 24.6 Å². The minimum absolute atomic E-state index is 0.0567. The average molecular weight is 270 g/mol. The van der Waals surface area contributed by atoms with E-state index in [9.17, 15) is 9.59 Å². The van der Waals surface area contributed by atoms with E-state index in [-0.39, 0.29) is 11.5 Å². The Morgan fingerprint density at radius 2 is 1.90 bits per heavy atom. The quantitative estimate of drug-likeness (QED) is 0.856. The Morgan fingerprint density at radius 1 is 1.15 bits per heavy atom. The number of carbonyl (C=O) groups is 1. The molecule has 6 heteroatoms. The summed E-state index contributed by atoms with van der Waals surface area (Å²) in [5.41, 5.74) is 5.78. The highest BCUT2D eigenvalue weighted by molar-refractivity contribution is 6.04. The topological polar surface area (TPSA) is 79.2 Å². The van der Waals surface area contributed by atoms with Gasteiger partial charge in [-0.15, -0.1) is 0 Å².